The number of aliphatic hydroxyl groups is 1. The molecule has 0 bridgehead atoms. The number of carbonyl (C=O) groups is 2. The molecule has 1 aromatic carbocycles. The number of hydrogen-bond donors (Lipinski definition) is 3. The first-order valence-corrected chi connectivity index (χ1v) is 8.61. The third-order valence-electron chi connectivity index (χ3n) is 5.38. The van der Waals surface area contributed by atoms with Gasteiger partial charge in [0, 0.05) is 18.7 Å². The van der Waals surface area contributed by atoms with Crippen LogP contribution in [-0.4, -0.2) is 29.6 Å². The molecule has 0 radical (unpaired) electrons. The van der Waals surface area contributed by atoms with Crippen LogP contribution in [0.25, 0.3) is 0 Å². The molecule has 2 unspecified atom stereocenters. The Bertz CT molecular complexity index is 701. The average molecular weight is 370 g/mol. The van der Waals surface area contributed by atoms with Crippen molar-refractivity contribution < 1.29 is 27.9 Å². The van der Waals surface area contributed by atoms with Crippen LogP contribution in [0.1, 0.15) is 43.8 Å². The fraction of sp³-hybridized carbons (Fsp3) is 0.556. The Morgan fingerprint density at radius 1 is 1.38 bits per heavy atom. The van der Waals surface area contributed by atoms with Crippen molar-refractivity contribution in [3.63, 3.8) is 0 Å². The summed E-state index contributed by atoms with van der Waals surface area (Å²) in [6.45, 7) is 0.265. The molecule has 3 rings (SSSR count). The van der Waals surface area contributed by atoms with Gasteiger partial charge in [0.15, 0.2) is 0 Å². The summed E-state index contributed by atoms with van der Waals surface area (Å²) in [5.74, 6) is -0.670. The summed E-state index contributed by atoms with van der Waals surface area (Å²) in [7, 11) is 0. The summed E-state index contributed by atoms with van der Waals surface area (Å²) in [5, 5.41) is 15.2. The second kappa shape index (κ2) is 6.90. The summed E-state index contributed by atoms with van der Waals surface area (Å²) in [5.41, 5.74) is 0.121. The SMILES string of the molecule is O=C1CC2(CCC2)C(C(=O)Nc2cccc(C(O)CC(F)(F)F)c2)CN1. The number of alkyl halides is 3. The van der Waals surface area contributed by atoms with E-state index in [2.05, 4.69) is 10.6 Å². The maximum Gasteiger partial charge on any atom is 0.391 e. The van der Waals surface area contributed by atoms with Crippen molar-refractivity contribution in [3.05, 3.63) is 29.8 Å². The molecule has 3 N–H and O–H groups in total. The van der Waals surface area contributed by atoms with Gasteiger partial charge in [-0.25, -0.2) is 0 Å². The zero-order valence-corrected chi connectivity index (χ0v) is 14.1. The van der Waals surface area contributed by atoms with Crippen LogP contribution in [0, 0.1) is 11.3 Å². The second-order valence-corrected chi connectivity index (χ2v) is 7.20. The smallest absolute Gasteiger partial charge is 0.388 e. The van der Waals surface area contributed by atoms with E-state index in [4.69, 9.17) is 0 Å². The highest BCUT2D eigenvalue weighted by Crippen LogP contribution is 2.51. The lowest BCUT2D eigenvalue weighted by molar-refractivity contribution is -0.154. The highest BCUT2D eigenvalue weighted by atomic mass is 19.4. The molecule has 2 amide bonds. The lowest BCUT2D eigenvalue weighted by atomic mass is 9.57. The average Bonchev–Trinajstić information content (AvgIpc) is 2.51. The number of amides is 2. The molecule has 1 aromatic rings. The molecule has 0 aromatic heterocycles. The normalized spacial score (nSPS) is 23.1. The zero-order valence-electron chi connectivity index (χ0n) is 14.1. The number of anilines is 1. The highest BCUT2D eigenvalue weighted by molar-refractivity contribution is 5.95. The lowest BCUT2D eigenvalue weighted by Gasteiger charge is -2.49. The van der Waals surface area contributed by atoms with Crippen LogP contribution < -0.4 is 10.6 Å². The van der Waals surface area contributed by atoms with E-state index in [1.54, 1.807) is 6.07 Å². The van der Waals surface area contributed by atoms with E-state index in [1.807, 2.05) is 0 Å². The lowest BCUT2D eigenvalue weighted by Crippen LogP contribution is -2.55. The number of halogens is 3. The van der Waals surface area contributed by atoms with E-state index in [-0.39, 0.29) is 35.3 Å². The first kappa shape index (κ1) is 18.7. The molecular weight excluding hydrogens is 349 g/mol. The Hall–Kier alpha value is -2.09. The molecule has 1 aliphatic heterocycles. The summed E-state index contributed by atoms with van der Waals surface area (Å²) >= 11 is 0. The number of piperidine rings is 1. The molecule has 1 aliphatic carbocycles. The van der Waals surface area contributed by atoms with Gasteiger partial charge in [0.25, 0.3) is 0 Å². The number of nitrogens with one attached hydrogen (secondary N) is 2. The first-order valence-electron chi connectivity index (χ1n) is 8.61. The fourth-order valence-corrected chi connectivity index (χ4v) is 3.85. The van der Waals surface area contributed by atoms with Gasteiger partial charge in [-0.2, -0.15) is 13.2 Å². The number of carbonyl (C=O) groups excluding carboxylic acids is 2. The molecular formula is C18H21F3N2O3. The van der Waals surface area contributed by atoms with Gasteiger partial charge < -0.3 is 15.7 Å². The van der Waals surface area contributed by atoms with Gasteiger partial charge in [-0.1, -0.05) is 18.6 Å². The quantitative estimate of drug-likeness (QED) is 0.763. The molecule has 2 fully saturated rings. The van der Waals surface area contributed by atoms with Crippen molar-refractivity contribution in [3.8, 4) is 0 Å². The van der Waals surface area contributed by atoms with Crippen molar-refractivity contribution in [1.82, 2.24) is 5.32 Å². The van der Waals surface area contributed by atoms with E-state index >= 15 is 0 Å². The molecule has 2 atom stereocenters. The zero-order chi connectivity index (χ0) is 18.9. The van der Waals surface area contributed by atoms with Gasteiger partial charge in [-0.05, 0) is 36.0 Å². The number of hydrogen-bond acceptors (Lipinski definition) is 3. The Labute approximate surface area is 149 Å². The molecule has 1 saturated heterocycles. The van der Waals surface area contributed by atoms with Crippen molar-refractivity contribution >= 4 is 17.5 Å². The topological polar surface area (TPSA) is 78.4 Å². The summed E-state index contributed by atoms with van der Waals surface area (Å²) in [6.07, 6.45) is -4.55. The minimum absolute atomic E-state index is 0.0500. The Balaban J connectivity index is 1.70. The van der Waals surface area contributed by atoms with E-state index in [9.17, 15) is 27.9 Å². The van der Waals surface area contributed by atoms with Gasteiger partial charge in [0.2, 0.25) is 11.8 Å². The van der Waals surface area contributed by atoms with Crippen molar-refractivity contribution in [1.29, 1.82) is 0 Å². The van der Waals surface area contributed by atoms with Gasteiger partial charge in [0.1, 0.15) is 0 Å². The Morgan fingerprint density at radius 3 is 2.73 bits per heavy atom. The van der Waals surface area contributed by atoms with E-state index in [0.29, 0.717) is 12.1 Å². The number of rotatable bonds is 4. The highest BCUT2D eigenvalue weighted by Gasteiger charge is 2.50. The van der Waals surface area contributed by atoms with Crippen LogP contribution in [0.15, 0.2) is 24.3 Å². The predicted molar refractivity (Wildman–Crippen MR) is 88.1 cm³/mol. The van der Waals surface area contributed by atoms with Crippen LogP contribution in [0.4, 0.5) is 18.9 Å². The minimum Gasteiger partial charge on any atom is -0.388 e. The largest absolute Gasteiger partial charge is 0.391 e. The van der Waals surface area contributed by atoms with Crippen molar-refractivity contribution in [2.75, 3.05) is 11.9 Å². The fourth-order valence-electron chi connectivity index (χ4n) is 3.85. The van der Waals surface area contributed by atoms with E-state index in [0.717, 1.165) is 19.3 Å². The third kappa shape index (κ3) is 4.00. The minimum atomic E-state index is -4.48. The van der Waals surface area contributed by atoms with Crippen LogP contribution in [0.5, 0.6) is 0 Å². The third-order valence-corrected chi connectivity index (χ3v) is 5.38. The van der Waals surface area contributed by atoms with Crippen molar-refractivity contribution in [2.24, 2.45) is 11.3 Å². The summed E-state index contributed by atoms with van der Waals surface area (Å²) in [6, 6.07) is 5.80. The molecule has 1 heterocycles. The standard InChI is InChI=1S/C18H21F3N2O3/c19-18(20,21)8-14(24)11-3-1-4-12(7-11)23-16(26)13-10-22-15(25)9-17(13)5-2-6-17/h1,3-4,7,13-14,24H,2,5-6,8-10H2,(H,22,25)(H,23,26). The van der Waals surface area contributed by atoms with Crippen LogP contribution in [-0.2, 0) is 9.59 Å². The van der Waals surface area contributed by atoms with Crippen LogP contribution in [0.3, 0.4) is 0 Å². The molecule has 2 aliphatic rings. The number of benzene rings is 1. The van der Waals surface area contributed by atoms with Gasteiger partial charge in [-0.3, -0.25) is 9.59 Å². The maximum atomic E-state index is 12.7. The molecule has 26 heavy (non-hydrogen) atoms. The Morgan fingerprint density at radius 2 is 2.12 bits per heavy atom. The molecule has 8 heteroatoms. The molecule has 5 nitrogen and oxygen atoms in total. The summed E-state index contributed by atoms with van der Waals surface area (Å²) in [4.78, 5) is 24.4. The number of aliphatic hydroxyl groups excluding tert-OH is 1. The van der Waals surface area contributed by atoms with Gasteiger partial charge in [0.05, 0.1) is 18.4 Å². The van der Waals surface area contributed by atoms with Gasteiger partial charge in [-0.15, -0.1) is 0 Å². The predicted octanol–water partition coefficient (Wildman–Crippen LogP) is 2.92. The second-order valence-electron chi connectivity index (χ2n) is 7.20. The van der Waals surface area contributed by atoms with Gasteiger partial charge >= 0.3 is 6.18 Å². The van der Waals surface area contributed by atoms with E-state index in [1.165, 1.54) is 18.2 Å². The molecule has 142 valence electrons. The van der Waals surface area contributed by atoms with Crippen LogP contribution in [0.2, 0.25) is 0 Å². The Kier molecular flexibility index (Phi) is 4.96. The molecule has 1 saturated carbocycles. The summed E-state index contributed by atoms with van der Waals surface area (Å²) < 4.78 is 37.3. The van der Waals surface area contributed by atoms with Crippen LogP contribution >= 0.6 is 0 Å². The van der Waals surface area contributed by atoms with E-state index < -0.39 is 18.7 Å². The van der Waals surface area contributed by atoms with Crippen molar-refractivity contribution in [2.45, 2.75) is 44.4 Å². The maximum absolute atomic E-state index is 12.7. The monoisotopic (exact) mass is 370 g/mol. The molecule has 1 spiro atoms. The first-order chi connectivity index (χ1) is 12.2.